The lowest BCUT2D eigenvalue weighted by atomic mass is 10.0. The quantitative estimate of drug-likeness (QED) is 0.0967. The zero-order chi connectivity index (χ0) is 24.1. The zero-order valence-corrected chi connectivity index (χ0v) is 23.8. The maximum atomic E-state index is 3.92. The van der Waals surface area contributed by atoms with E-state index >= 15 is 0 Å². The molecule has 0 nitrogen and oxygen atoms in total. The molecule has 0 N–H and O–H groups in total. The van der Waals surface area contributed by atoms with Crippen LogP contribution in [0.4, 0.5) is 0 Å². The summed E-state index contributed by atoms with van der Waals surface area (Å²) in [5.74, 6) is 0.896. The van der Waals surface area contributed by atoms with Crippen LogP contribution in [0.1, 0.15) is 200 Å². The molecule has 0 aromatic carbocycles. The molecule has 0 saturated heterocycles. The Kier molecular flexibility index (Phi) is 30.0. The highest BCUT2D eigenvalue weighted by molar-refractivity contribution is 4.53. The molecule has 0 aromatic heterocycles. The highest BCUT2D eigenvalue weighted by Crippen LogP contribution is 2.16. The molecule has 0 aliphatic carbocycles. The lowest BCUT2D eigenvalue weighted by Crippen LogP contribution is -1.87. The summed E-state index contributed by atoms with van der Waals surface area (Å²) in [5.41, 5.74) is 0. The molecule has 0 heteroatoms. The highest BCUT2D eigenvalue weighted by atomic mass is 14.0. The molecule has 0 aliphatic heterocycles. The van der Waals surface area contributed by atoms with Crippen LogP contribution in [0.5, 0.6) is 0 Å². The first-order chi connectivity index (χ1) is 16.3. The van der Waals surface area contributed by atoms with Gasteiger partial charge in [-0.2, -0.15) is 0 Å². The molecule has 199 valence electrons. The van der Waals surface area contributed by atoms with Gasteiger partial charge in [0.05, 0.1) is 0 Å². The molecular weight excluding hydrogens is 396 g/mol. The first kappa shape index (κ1) is 33.0. The van der Waals surface area contributed by atoms with E-state index in [2.05, 4.69) is 20.8 Å². The molecule has 0 spiro atoms. The van der Waals surface area contributed by atoms with Crippen molar-refractivity contribution in [1.29, 1.82) is 0 Å². The maximum Gasteiger partial charge on any atom is -0.0471 e. The molecule has 33 heavy (non-hydrogen) atoms. The number of rotatable bonds is 29. The van der Waals surface area contributed by atoms with E-state index in [0.29, 0.717) is 0 Å². The van der Waals surface area contributed by atoms with Crippen LogP contribution in [0.3, 0.4) is 0 Å². The van der Waals surface area contributed by atoms with E-state index in [9.17, 15) is 0 Å². The second-order valence-corrected chi connectivity index (χ2v) is 11.6. The van der Waals surface area contributed by atoms with Crippen molar-refractivity contribution >= 4 is 0 Å². The molecule has 0 heterocycles. The van der Waals surface area contributed by atoms with Gasteiger partial charge in [0.15, 0.2) is 0 Å². The lowest BCUT2D eigenvalue weighted by molar-refractivity contribution is 0.500. The molecule has 0 aliphatic rings. The fourth-order valence-electron chi connectivity index (χ4n) is 5.15. The maximum absolute atomic E-state index is 3.92. The van der Waals surface area contributed by atoms with E-state index < -0.39 is 0 Å². The number of unbranched alkanes of at least 4 members (excludes halogenated alkanes) is 27. The molecule has 0 saturated carbocycles. The summed E-state index contributed by atoms with van der Waals surface area (Å²) in [6.45, 7) is 8.62. The number of hydrogen-bond acceptors (Lipinski definition) is 0. The predicted octanol–water partition coefficient (Wildman–Crippen LogP) is 12.8. The van der Waals surface area contributed by atoms with Crippen molar-refractivity contribution in [1.82, 2.24) is 0 Å². The summed E-state index contributed by atoms with van der Waals surface area (Å²) in [4.78, 5) is 0. The average Bonchev–Trinajstić information content (AvgIpc) is 2.80. The predicted molar refractivity (Wildman–Crippen MR) is 154 cm³/mol. The van der Waals surface area contributed by atoms with Gasteiger partial charge in [0.1, 0.15) is 0 Å². The van der Waals surface area contributed by atoms with E-state index in [1.807, 2.05) is 0 Å². The third-order valence-electron chi connectivity index (χ3n) is 7.53. The first-order valence-corrected chi connectivity index (χ1v) is 16.1. The fraction of sp³-hybridized carbons (Fsp3) is 0.970. The van der Waals surface area contributed by atoms with Gasteiger partial charge < -0.3 is 0 Å². The molecule has 0 unspecified atom stereocenters. The van der Waals surface area contributed by atoms with Crippen LogP contribution in [0, 0.1) is 12.8 Å². The molecule has 1 radical (unpaired) electrons. The highest BCUT2D eigenvalue weighted by Gasteiger charge is 1.97. The Hall–Kier alpha value is 0. The van der Waals surface area contributed by atoms with Crippen LogP contribution >= 0.6 is 0 Å². The Morgan fingerprint density at radius 2 is 0.485 bits per heavy atom. The van der Waals surface area contributed by atoms with Crippen molar-refractivity contribution in [3.05, 3.63) is 6.92 Å². The first-order valence-electron chi connectivity index (χ1n) is 16.1. The minimum absolute atomic E-state index is 0.896. The van der Waals surface area contributed by atoms with E-state index in [0.717, 1.165) is 12.3 Å². The SMILES string of the molecule is [CH2]CCCCCCCCCCCCCCCCCCCCCCCCCCCCCC(C)C. The van der Waals surface area contributed by atoms with Gasteiger partial charge in [-0.1, -0.05) is 207 Å². The van der Waals surface area contributed by atoms with E-state index in [4.69, 9.17) is 0 Å². The van der Waals surface area contributed by atoms with Crippen LogP contribution in [-0.2, 0) is 0 Å². The van der Waals surface area contributed by atoms with Crippen LogP contribution < -0.4 is 0 Å². The van der Waals surface area contributed by atoms with Crippen molar-refractivity contribution in [3.8, 4) is 0 Å². The van der Waals surface area contributed by atoms with Gasteiger partial charge in [0.25, 0.3) is 0 Å². The summed E-state index contributed by atoms with van der Waals surface area (Å²) in [5, 5.41) is 0. The normalized spacial score (nSPS) is 11.6. The van der Waals surface area contributed by atoms with Crippen molar-refractivity contribution < 1.29 is 0 Å². The summed E-state index contributed by atoms with van der Waals surface area (Å²) >= 11 is 0. The van der Waals surface area contributed by atoms with Crippen molar-refractivity contribution in [2.75, 3.05) is 0 Å². The zero-order valence-electron chi connectivity index (χ0n) is 23.8. The fourth-order valence-corrected chi connectivity index (χ4v) is 5.15. The van der Waals surface area contributed by atoms with Crippen LogP contribution in [0.2, 0.25) is 0 Å². The van der Waals surface area contributed by atoms with Crippen molar-refractivity contribution in [3.63, 3.8) is 0 Å². The minimum atomic E-state index is 0.896. The molecule has 0 aromatic rings. The summed E-state index contributed by atoms with van der Waals surface area (Å²) in [6, 6.07) is 0. The van der Waals surface area contributed by atoms with Gasteiger partial charge >= 0.3 is 0 Å². The standard InChI is InChI=1S/C33H67/c1-4-5-6-7-8-9-10-11-12-13-14-15-16-17-18-19-20-21-22-23-24-25-26-27-28-29-30-31-32-33(2)3/h33H,1,4-32H2,2-3H3. The Morgan fingerprint density at radius 3 is 0.667 bits per heavy atom. The topological polar surface area (TPSA) is 0 Å². The third kappa shape index (κ3) is 32.0. The van der Waals surface area contributed by atoms with Gasteiger partial charge in [-0.25, -0.2) is 0 Å². The second-order valence-electron chi connectivity index (χ2n) is 11.6. The Balaban J connectivity index is 3.00. The van der Waals surface area contributed by atoms with Gasteiger partial charge in [0, 0.05) is 0 Å². The Bertz CT molecular complexity index is 318. The molecule has 0 atom stereocenters. The second kappa shape index (κ2) is 30.0. The molecule has 0 bridgehead atoms. The van der Waals surface area contributed by atoms with Crippen molar-refractivity contribution in [2.45, 2.75) is 200 Å². The monoisotopic (exact) mass is 464 g/mol. The molecule has 0 amide bonds. The van der Waals surface area contributed by atoms with E-state index in [1.54, 1.807) is 0 Å². The van der Waals surface area contributed by atoms with Crippen LogP contribution in [0.25, 0.3) is 0 Å². The number of hydrogen-bond donors (Lipinski definition) is 0. The van der Waals surface area contributed by atoms with Gasteiger partial charge in [-0.05, 0) is 5.92 Å². The van der Waals surface area contributed by atoms with Gasteiger partial charge in [-0.15, -0.1) is 0 Å². The molecule has 0 rings (SSSR count). The third-order valence-corrected chi connectivity index (χ3v) is 7.53. The van der Waals surface area contributed by atoms with Gasteiger partial charge in [-0.3, -0.25) is 0 Å². The Morgan fingerprint density at radius 1 is 0.303 bits per heavy atom. The molecular formula is C33H67. The van der Waals surface area contributed by atoms with Crippen LogP contribution in [-0.4, -0.2) is 0 Å². The minimum Gasteiger partial charge on any atom is -0.0628 e. The lowest BCUT2D eigenvalue weighted by Gasteiger charge is -2.05. The van der Waals surface area contributed by atoms with E-state index in [1.165, 1.54) is 180 Å². The van der Waals surface area contributed by atoms with E-state index in [-0.39, 0.29) is 0 Å². The Labute approximate surface area is 212 Å². The summed E-state index contributed by atoms with van der Waals surface area (Å²) in [6.07, 6.45) is 42.3. The smallest absolute Gasteiger partial charge is 0.0471 e. The average molecular weight is 464 g/mol. The largest absolute Gasteiger partial charge is 0.0628 e. The van der Waals surface area contributed by atoms with Crippen LogP contribution in [0.15, 0.2) is 0 Å². The van der Waals surface area contributed by atoms with Gasteiger partial charge in [0.2, 0.25) is 0 Å². The summed E-state index contributed by atoms with van der Waals surface area (Å²) < 4.78 is 0. The molecule has 0 fully saturated rings. The summed E-state index contributed by atoms with van der Waals surface area (Å²) in [7, 11) is 0. The van der Waals surface area contributed by atoms with Crippen molar-refractivity contribution in [2.24, 2.45) is 5.92 Å².